The number of Topliss-reactive ketones (excluding diaryl/α,β-unsaturated/α-hetero) is 1. The SMILES string of the molecule is CC(C)NC(=O)NC1CCCC(=O)C1. The molecule has 1 fully saturated rings. The molecule has 1 aliphatic rings. The van der Waals surface area contributed by atoms with Crippen LogP contribution in [0.5, 0.6) is 0 Å². The molecule has 0 aromatic carbocycles. The molecule has 14 heavy (non-hydrogen) atoms. The van der Waals surface area contributed by atoms with Crippen LogP contribution in [0.25, 0.3) is 0 Å². The van der Waals surface area contributed by atoms with E-state index in [1.165, 1.54) is 0 Å². The number of hydrogen-bond donors (Lipinski definition) is 2. The Morgan fingerprint density at radius 3 is 2.79 bits per heavy atom. The van der Waals surface area contributed by atoms with Crippen LogP contribution in [0.3, 0.4) is 0 Å². The summed E-state index contributed by atoms with van der Waals surface area (Å²) in [5.74, 6) is 0.256. The van der Waals surface area contributed by atoms with Crippen molar-refractivity contribution in [3.05, 3.63) is 0 Å². The van der Waals surface area contributed by atoms with Gasteiger partial charge in [-0.25, -0.2) is 4.79 Å². The molecule has 1 rings (SSSR count). The lowest BCUT2D eigenvalue weighted by Gasteiger charge is -2.22. The first-order chi connectivity index (χ1) is 6.58. The minimum atomic E-state index is -0.167. The summed E-state index contributed by atoms with van der Waals surface area (Å²) in [6, 6.07) is 0.00370. The molecule has 1 saturated carbocycles. The molecule has 1 atom stereocenters. The molecular weight excluding hydrogens is 180 g/mol. The van der Waals surface area contributed by atoms with Crippen LogP contribution in [0.15, 0.2) is 0 Å². The van der Waals surface area contributed by atoms with Crippen LogP contribution in [0.2, 0.25) is 0 Å². The van der Waals surface area contributed by atoms with Crippen molar-refractivity contribution in [3.63, 3.8) is 0 Å². The van der Waals surface area contributed by atoms with E-state index in [-0.39, 0.29) is 23.9 Å². The second-order valence-electron chi connectivity index (χ2n) is 4.10. The van der Waals surface area contributed by atoms with Gasteiger partial charge >= 0.3 is 6.03 Å². The van der Waals surface area contributed by atoms with Crippen LogP contribution in [0, 0.1) is 0 Å². The van der Waals surface area contributed by atoms with Crippen LogP contribution in [-0.4, -0.2) is 23.9 Å². The first kappa shape index (κ1) is 11.0. The van der Waals surface area contributed by atoms with Gasteiger partial charge in [0.1, 0.15) is 5.78 Å². The average molecular weight is 198 g/mol. The van der Waals surface area contributed by atoms with E-state index in [0.717, 1.165) is 12.8 Å². The van der Waals surface area contributed by atoms with Gasteiger partial charge in [-0.2, -0.15) is 0 Å². The Hall–Kier alpha value is -1.06. The Morgan fingerprint density at radius 2 is 2.21 bits per heavy atom. The van der Waals surface area contributed by atoms with E-state index in [2.05, 4.69) is 10.6 Å². The fraction of sp³-hybridized carbons (Fsp3) is 0.800. The number of ketones is 1. The third-order valence-electron chi connectivity index (χ3n) is 2.24. The van der Waals surface area contributed by atoms with Gasteiger partial charge in [0.2, 0.25) is 0 Å². The highest BCUT2D eigenvalue weighted by Gasteiger charge is 2.20. The molecule has 0 aliphatic heterocycles. The maximum Gasteiger partial charge on any atom is 0.315 e. The standard InChI is InChI=1S/C10H18N2O2/c1-7(2)11-10(14)12-8-4-3-5-9(13)6-8/h7-8H,3-6H2,1-2H3,(H2,11,12,14). The number of carbonyl (C=O) groups is 2. The fourth-order valence-corrected chi connectivity index (χ4v) is 1.64. The van der Waals surface area contributed by atoms with Crippen molar-refractivity contribution in [1.82, 2.24) is 10.6 Å². The molecule has 2 N–H and O–H groups in total. The summed E-state index contributed by atoms with van der Waals surface area (Å²) in [6.45, 7) is 3.82. The highest BCUT2D eigenvalue weighted by atomic mass is 16.2. The minimum Gasteiger partial charge on any atom is -0.336 e. The normalized spacial score (nSPS) is 22.2. The number of rotatable bonds is 2. The van der Waals surface area contributed by atoms with Gasteiger partial charge in [0.05, 0.1) is 0 Å². The van der Waals surface area contributed by atoms with Crippen LogP contribution >= 0.6 is 0 Å². The summed E-state index contributed by atoms with van der Waals surface area (Å²) < 4.78 is 0. The van der Waals surface area contributed by atoms with E-state index in [0.29, 0.717) is 12.8 Å². The average Bonchev–Trinajstić information content (AvgIpc) is 2.01. The van der Waals surface area contributed by atoms with Gasteiger partial charge in [-0.3, -0.25) is 4.79 Å². The topological polar surface area (TPSA) is 58.2 Å². The third kappa shape index (κ3) is 3.77. The van der Waals surface area contributed by atoms with Gasteiger partial charge in [-0.15, -0.1) is 0 Å². The van der Waals surface area contributed by atoms with Gasteiger partial charge < -0.3 is 10.6 Å². The molecule has 80 valence electrons. The summed E-state index contributed by atoms with van der Waals surface area (Å²) in [5.41, 5.74) is 0. The molecule has 0 aromatic rings. The Bertz CT molecular complexity index is 226. The quantitative estimate of drug-likeness (QED) is 0.700. The van der Waals surface area contributed by atoms with Gasteiger partial charge in [0, 0.05) is 24.9 Å². The molecule has 1 aliphatic carbocycles. The molecule has 4 heteroatoms. The maximum atomic E-state index is 11.3. The van der Waals surface area contributed by atoms with Crippen molar-refractivity contribution in [2.75, 3.05) is 0 Å². The Kier molecular flexibility index (Phi) is 3.92. The molecule has 4 nitrogen and oxygen atoms in total. The summed E-state index contributed by atoms with van der Waals surface area (Å²) in [4.78, 5) is 22.4. The van der Waals surface area contributed by atoms with Gasteiger partial charge in [-0.1, -0.05) is 0 Å². The zero-order chi connectivity index (χ0) is 10.6. The molecule has 0 radical (unpaired) electrons. The molecule has 2 amide bonds. The molecule has 0 saturated heterocycles. The molecule has 0 aromatic heterocycles. The van der Waals surface area contributed by atoms with Crippen LogP contribution < -0.4 is 10.6 Å². The molecule has 1 unspecified atom stereocenters. The summed E-state index contributed by atoms with van der Waals surface area (Å²) >= 11 is 0. The lowest BCUT2D eigenvalue weighted by Crippen LogP contribution is -2.46. The zero-order valence-corrected chi connectivity index (χ0v) is 8.80. The van der Waals surface area contributed by atoms with Gasteiger partial charge in [0.25, 0.3) is 0 Å². The lowest BCUT2D eigenvalue weighted by atomic mass is 9.94. The van der Waals surface area contributed by atoms with E-state index in [1.54, 1.807) is 0 Å². The van der Waals surface area contributed by atoms with E-state index in [9.17, 15) is 9.59 Å². The minimum absolute atomic E-state index is 0.0370. The van der Waals surface area contributed by atoms with Crippen molar-refractivity contribution >= 4 is 11.8 Å². The molecular formula is C10H18N2O2. The summed E-state index contributed by atoms with van der Waals surface area (Å²) in [6.07, 6.45) is 2.97. The number of amides is 2. The third-order valence-corrected chi connectivity index (χ3v) is 2.24. The highest BCUT2D eigenvalue weighted by molar-refractivity contribution is 5.81. The van der Waals surface area contributed by atoms with Crippen molar-refractivity contribution in [1.29, 1.82) is 0 Å². The first-order valence-corrected chi connectivity index (χ1v) is 5.16. The lowest BCUT2D eigenvalue weighted by molar-refractivity contribution is -0.120. The molecule has 0 heterocycles. The summed E-state index contributed by atoms with van der Waals surface area (Å²) in [5, 5.41) is 5.55. The fourth-order valence-electron chi connectivity index (χ4n) is 1.64. The van der Waals surface area contributed by atoms with Crippen molar-refractivity contribution < 1.29 is 9.59 Å². The monoisotopic (exact) mass is 198 g/mol. The number of carbonyl (C=O) groups excluding carboxylic acids is 2. The highest BCUT2D eigenvalue weighted by Crippen LogP contribution is 2.14. The van der Waals surface area contributed by atoms with Crippen LogP contribution in [0.4, 0.5) is 4.79 Å². The van der Waals surface area contributed by atoms with Crippen molar-refractivity contribution in [2.24, 2.45) is 0 Å². The number of nitrogens with one attached hydrogen (secondary N) is 2. The van der Waals surface area contributed by atoms with Crippen LogP contribution in [-0.2, 0) is 4.79 Å². The Balaban J connectivity index is 2.29. The van der Waals surface area contributed by atoms with E-state index < -0.39 is 0 Å². The second-order valence-corrected chi connectivity index (χ2v) is 4.10. The van der Waals surface area contributed by atoms with E-state index >= 15 is 0 Å². The van der Waals surface area contributed by atoms with Gasteiger partial charge in [-0.05, 0) is 26.7 Å². The molecule has 0 bridgehead atoms. The van der Waals surface area contributed by atoms with Gasteiger partial charge in [0.15, 0.2) is 0 Å². The first-order valence-electron chi connectivity index (χ1n) is 5.16. The van der Waals surface area contributed by atoms with E-state index in [4.69, 9.17) is 0 Å². The predicted octanol–water partition coefficient (Wildman–Crippen LogP) is 1.21. The number of urea groups is 1. The zero-order valence-electron chi connectivity index (χ0n) is 8.80. The second kappa shape index (κ2) is 4.98. The molecule has 0 spiro atoms. The maximum absolute atomic E-state index is 11.3. The van der Waals surface area contributed by atoms with E-state index in [1.807, 2.05) is 13.8 Å². The van der Waals surface area contributed by atoms with Crippen molar-refractivity contribution in [3.8, 4) is 0 Å². The largest absolute Gasteiger partial charge is 0.336 e. The smallest absolute Gasteiger partial charge is 0.315 e. The van der Waals surface area contributed by atoms with Crippen LogP contribution in [0.1, 0.15) is 39.5 Å². The Labute approximate surface area is 84.4 Å². The predicted molar refractivity (Wildman–Crippen MR) is 54.1 cm³/mol. The number of hydrogen-bond acceptors (Lipinski definition) is 2. The summed E-state index contributed by atoms with van der Waals surface area (Å²) in [7, 11) is 0. The Morgan fingerprint density at radius 1 is 1.50 bits per heavy atom. The van der Waals surface area contributed by atoms with Crippen molar-refractivity contribution in [2.45, 2.75) is 51.6 Å².